The molecule has 3 amide bonds. The summed E-state index contributed by atoms with van der Waals surface area (Å²) in [5.74, 6) is -0.0810. The Labute approximate surface area is 183 Å². The third-order valence-corrected chi connectivity index (χ3v) is 6.24. The van der Waals surface area contributed by atoms with Gasteiger partial charge in [-0.05, 0) is 54.7 Å². The van der Waals surface area contributed by atoms with Gasteiger partial charge in [0.2, 0.25) is 17.7 Å². The van der Waals surface area contributed by atoms with E-state index in [-0.39, 0.29) is 30.1 Å². The summed E-state index contributed by atoms with van der Waals surface area (Å²) < 4.78 is 0. The van der Waals surface area contributed by atoms with Gasteiger partial charge in [-0.1, -0.05) is 38.5 Å². The molecule has 1 aliphatic heterocycles. The summed E-state index contributed by atoms with van der Waals surface area (Å²) in [6, 6.07) is 15.1. The summed E-state index contributed by atoms with van der Waals surface area (Å²) in [5, 5.41) is 5.88. The average Bonchev–Trinajstić information content (AvgIpc) is 3.09. The summed E-state index contributed by atoms with van der Waals surface area (Å²) in [7, 11) is 0. The van der Waals surface area contributed by atoms with Gasteiger partial charge < -0.3 is 15.5 Å². The van der Waals surface area contributed by atoms with Crippen molar-refractivity contribution in [3.05, 3.63) is 54.1 Å². The molecule has 1 aliphatic carbocycles. The monoisotopic (exact) mass is 419 g/mol. The highest BCUT2D eigenvalue weighted by Gasteiger charge is 2.35. The van der Waals surface area contributed by atoms with Crippen LogP contribution in [-0.4, -0.2) is 24.3 Å². The highest BCUT2D eigenvalue weighted by molar-refractivity contribution is 6.04. The van der Waals surface area contributed by atoms with Crippen LogP contribution < -0.4 is 15.5 Å². The number of rotatable bonds is 6. The minimum Gasteiger partial charge on any atom is -0.326 e. The first-order valence-corrected chi connectivity index (χ1v) is 11.0. The van der Waals surface area contributed by atoms with Gasteiger partial charge in [0.25, 0.3) is 0 Å². The van der Waals surface area contributed by atoms with Crippen molar-refractivity contribution in [2.75, 3.05) is 22.1 Å². The first-order chi connectivity index (χ1) is 14.9. The Morgan fingerprint density at radius 2 is 1.61 bits per heavy atom. The molecule has 2 aliphatic rings. The van der Waals surface area contributed by atoms with Crippen LogP contribution in [0, 0.1) is 11.8 Å². The van der Waals surface area contributed by atoms with Crippen LogP contribution in [0.25, 0.3) is 0 Å². The molecule has 162 valence electrons. The van der Waals surface area contributed by atoms with Gasteiger partial charge in [0.05, 0.1) is 5.92 Å². The second-order valence-corrected chi connectivity index (χ2v) is 8.84. The fraction of sp³-hybridized carbons (Fsp3) is 0.400. The van der Waals surface area contributed by atoms with Gasteiger partial charge in [-0.15, -0.1) is 0 Å². The van der Waals surface area contributed by atoms with E-state index >= 15 is 0 Å². The Morgan fingerprint density at radius 1 is 0.935 bits per heavy atom. The quantitative estimate of drug-likeness (QED) is 0.721. The van der Waals surface area contributed by atoms with E-state index in [1.54, 1.807) is 11.0 Å². The molecule has 2 aromatic rings. The molecule has 0 bridgehead atoms. The zero-order valence-electron chi connectivity index (χ0n) is 18.1. The topological polar surface area (TPSA) is 78.5 Å². The number of carbonyl (C=O) groups is 3. The molecule has 2 aromatic carbocycles. The van der Waals surface area contributed by atoms with Crippen LogP contribution in [0.1, 0.15) is 51.0 Å². The van der Waals surface area contributed by atoms with E-state index in [1.165, 1.54) is 5.56 Å². The lowest BCUT2D eigenvalue weighted by Gasteiger charge is -2.24. The van der Waals surface area contributed by atoms with Gasteiger partial charge in [-0.3, -0.25) is 14.4 Å². The standard InChI is InChI=1S/C25H29N3O3/c1-16(2)17-9-11-20(12-10-17)26-25(31)19-13-23(29)28(15-19)22-8-4-7-21(14-22)27-24(30)18-5-3-6-18/h4,7-12,14,16,18-19H,3,5-6,13,15H2,1-2H3,(H,26,31)(H,27,30)/t19-/m0/s1. The van der Waals surface area contributed by atoms with E-state index in [0.29, 0.717) is 23.8 Å². The number of hydrogen-bond donors (Lipinski definition) is 2. The highest BCUT2D eigenvalue weighted by Crippen LogP contribution is 2.30. The van der Waals surface area contributed by atoms with Gasteiger partial charge in [0, 0.05) is 35.9 Å². The van der Waals surface area contributed by atoms with Crippen molar-refractivity contribution in [1.29, 1.82) is 0 Å². The van der Waals surface area contributed by atoms with Gasteiger partial charge in [0.15, 0.2) is 0 Å². The molecule has 1 heterocycles. The summed E-state index contributed by atoms with van der Waals surface area (Å²) >= 11 is 0. The van der Waals surface area contributed by atoms with E-state index in [9.17, 15) is 14.4 Å². The summed E-state index contributed by atoms with van der Waals surface area (Å²) in [4.78, 5) is 39.2. The SMILES string of the molecule is CC(C)c1ccc(NC(=O)[C@H]2CC(=O)N(c3cccc(NC(=O)C4CCC4)c3)C2)cc1. The fourth-order valence-corrected chi connectivity index (χ4v) is 3.99. The molecule has 4 rings (SSSR count). The number of nitrogens with one attached hydrogen (secondary N) is 2. The minimum absolute atomic E-state index is 0.0388. The van der Waals surface area contributed by atoms with E-state index in [0.717, 1.165) is 24.9 Å². The molecular formula is C25H29N3O3. The van der Waals surface area contributed by atoms with E-state index in [1.807, 2.05) is 42.5 Å². The molecule has 6 heteroatoms. The van der Waals surface area contributed by atoms with Crippen LogP contribution in [0.3, 0.4) is 0 Å². The second kappa shape index (κ2) is 8.92. The van der Waals surface area contributed by atoms with Crippen LogP contribution in [0.5, 0.6) is 0 Å². The predicted octanol–water partition coefficient (Wildman–Crippen LogP) is 4.54. The summed E-state index contributed by atoms with van der Waals surface area (Å²) in [5.41, 5.74) is 3.33. The number of amides is 3. The molecule has 0 radical (unpaired) electrons. The number of benzene rings is 2. The second-order valence-electron chi connectivity index (χ2n) is 8.84. The van der Waals surface area contributed by atoms with Crippen molar-refractivity contribution in [1.82, 2.24) is 0 Å². The van der Waals surface area contributed by atoms with E-state index in [2.05, 4.69) is 24.5 Å². The maximum Gasteiger partial charge on any atom is 0.229 e. The van der Waals surface area contributed by atoms with Crippen molar-refractivity contribution >= 4 is 34.8 Å². The highest BCUT2D eigenvalue weighted by atomic mass is 16.2. The molecule has 0 spiro atoms. The molecular weight excluding hydrogens is 390 g/mol. The van der Waals surface area contributed by atoms with E-state index in [4.69, 9.17) is 0 Å². The summed E-state index contributed by atoms with van der Waals surface area (Å²) in [6.45, 7) is 4.58. The smallest absolute Gasteiger partial charge is 0.229 e. The molecule has 6 nitrogen and oxygen atoms in total. The lowest BCUT2D eigenvalue weighted by atomic mass is 9.85. The average molecular weight is 420 g/mol. The van der Waals surface area contributed by atoms with Gasteiger partial charge in [-0.2, -0.15) is 0 Å². The molecule has 31 heavy (non-hydrogen) atoms. The van der Waals surface area contributed by atoms with Crippen molar-refractivity contribution in [2.45, 2.75) is 45.4 Å². The van der Waals surface area contributed by atoms with Crippen LogP contribution in [0.2, 0.25) is 0 Å². The molecule has 0 aromatic heterocycles. The molecule has 2 N–H and O–H groups in total. The van der Waals surface area contributed by atoms with Gasteiger partial charge >= 0.3 is 0 Å². The zero-order valence-corrected chi connectivity index (χ0v) is 18.1. The Balaban J connectivity index is 1.39. The number of hydrogen-bond acceptors (Lipinski definition) is 3. The minimum atomic E-state index is -0.412. The number of carbonyl (C=O) groups excluding carboxylic acids is 3. The molecule has 1 atom stereocenters. The summed E-state index contributed by atoms with van der Waals surface area (Å²) in [6.07, 6.45) is 3.15. The first-order valence-electron chi connectivity index (χ1n) is 11.0. The maximum absolute atomic E-state index is 12.7. The normalized spacial score (nSPS) is 18.7. The van der Waals surface area contributed by atoms with Crippen molar-refractivity contribution in [3.63, 3.8) is 0 Å². The third-order valence-electron chi connectivity index (χ3n) is 6.24. The molecule has 1 saturated heterocycles. The molecule has 2 fully saturated rings. The van der Waals surface area contributed by atoms with Crippen LogP contribution in [-0.2, 0) is 14.4 Å². The predicted molar refractivity (Wildman–Crippen MR) is 122 cm³/mol. The first kappa shape index (κ1) is 21.1. The van der Waals surface area contributed by atoms with Crippen LogP contribution in [0.4, 0.5) is 17.1 Å². The van der Waals surface area contributed by atoms with Crippen LogP contribution >= 0.6 is 0 Å². The lowest BCUT2D eigenvalue weighted by Crippen LogP contribution is -2.29. The van der Waals surface area contributed by atoms with Crippen molar-refractivity contribution < 1.29 is 14.4 Å². The Kier molecular flexibility index (Phi) is 6.07. The zero-order chi connectivity index (χ0) is 22.0. The maximum atomic E-state index is 12.7. The van der Waals surface area contributed by atoms with E-state index < -0.39 is 5.92 Å². The lowest BCUT2D eigenvalue weighted by molar-refractivity contribution is -0.122. The Morgan fingerprint density at radius 3 is 2.26 bits per heavy atom. The fourth-order valence-electron chi connectivity index (χ4n) is 3.99. The third kappa shape index (κ3) is 4.79. The Bertz CT molecular complexity index is 980. The van der Waals surface area contributed by atoms with Crippen molar-refractivity contribution in [3.8, 4) is 0 Å². The Hall–Kier alpha value is -3.15. The number of anilines is 3. The van der Waals surface area contributed by atoms with Gasteiger partial charge in [0.1, 0.15) is 0 Å². The molecule has 0 unspecified atom stereocenters. The van der Waals surface area contributed by atoms with Gasteiger partial charge in [-0.25, -0.2) is 0 Å². The van der Waals surface area contributed by atoms with Crippen LogP contribution in [0.15, 0.2) is 48.5 Å². The van der Waals surface area contributed by atoms with Crippen molar-refractivity contribution in [2.24, 2.45) is 11.8 Å². The molecule has 1 saturated carbocycles. The number of nitrogens with zero attached hydrogens (tertiary/aromatic N) is 1. The largest absolute Gasteiger partial charge is 0.326 e.